The van der Waals surface area contributed by atoms with Crippen molar-refractivity contribution in [3.8, 4) is 17.2 Å². The van der Waals surface area contributed by atoms with E-state index in [9.17, 15) is 14.4 Å². The number of carbonyl (C=O) groups excluding carboxylic acids is 3. The van der Waals surface area contributed by atoms with Crippen molar-refractivity contribution in [3.05, 3.63) is 47.0 Å². The summed E-state index contributed by atoms with van der Waals surface area (Å²) in [5, 5.41) is 5.09. The standard InChI is InChI=1S/C22H26N2O7/c1-13-6-14(2)8-16(7-13)24-19(25)12-31-20(26)11-23-22(27)15-9-17(28-3)21(30-5)18(10-15)29-4/h6-10H,11-12H2,1-5H3,(H,23,27)(H,24,25). The highest BCUT2D eigenvalue weighted by Crippen LogP contribution is 2.38. The van der Waals surface area contributed by atoms with Crippen LogP contribution in [-0.4, -0.2) is 52.3 Å². The molecule has 2 rings (SSSR count). The van der Waals surface area contributed by atoms with Gasteiger partial charge in [0.2, 0.25) is 5.75 Å². The molecule has 0 aliphatic carbocycles. The van der Waals surface area contributed by atoms with Crippen LogP contribution in [0.2, 0.25) is 0 Å². The molecule has 0 aliphatic heterocycles. The maximum absolute atomic E-state index is 12.4. The van der Waals surface area contributed by atoms with Crippen LogP contribution in [0.15, 0.2) is 30.3 Å². The molecule has 0 unspecified atom stereocenters. The number of nitrogens with one attached hydrogen (secondary N) is 2. The fourth-order valence-electron chi connectivity index (χ4n) is 2.91. The third kappa shape index (κ3) is 6.63. The average Bonchev–Trinajstić information content (AvgIpc) is 2.74. The highest BCUT2D eigenvalue weighted by atomic mass is 16.5. The number of methoxy groups -OCH3 is 3. The third-order valence-corrected chi connectivity index (χ3v) is 4.19. The second-order valence-electron chi connectivity index (χ2n) is 6.68. The van der Waals surface area contributed by atoms with Gasteiger partial charge in [0, 0.05) is 11.3 Å². The van der Waals surface area contributed by atoms with Crippen LogP contribution < -0.4 is 24.8 Å². The van der Waals surface area contributed by atoms with Crippen LogP contribution in [0.3, 0.4) is 0 Å². The van der Waals surface area contributed by atoms with Crippen molar-refractivity contribution in [2.75, 3.05) is 39.8 Å². The molecule has 0 aromatic heterocycles. The summed E-state index contributed by atoms with van der Waals surface area (Å²) >= 11 is 0. The summed E-state index contributed by atoms with van der Waals surface area (Å²) in [6.45, 7) is 2.96. The molecule has 0 aliphatic rings. The molecule has 0 heterocycles. The molecule has 0 saturated carbocycles. The lowest BCUT2D eigenvalue weighted by Gasteiger charge is -2.14. The highest BCUT2D eigenvalue weighted by molar-refractivity contribution is 5.97. The van der Waals surface area contributed by atoms with E-state index in [2.05, 4.69) is 10.6 Å². The molecule has 31 heavy (non-hydrogen) atoms. The van der Waals surface area contributed by atoms with Gasteiger partial charge in [-0.25, -0.2) is 0 Å². The maximum atomic E-state index is 12.4. The van der Waals surface area contributed by atoms with Gasteiger partial charge >= 0.3 is 5.97 Å². The van der Waals surface area contributed by atoms with Crippen LogP contribution in [0.5, 0.6) is 17.2 Å². The van der Waals surface area contributed by atoms with Crippen molar-refractivity contribution in [2.45, 2.75) is 13.8 Å². The second-order valence-corrected chi connectivity index (χ2v) is 6.68. The van der Waals surface area contributed by atoms with Gasteiger partial charge in [-0.15, -0.1) is 0 Å². The first kappa shape index (κ1) is 23.5. The number of carbonyl (C=O) groups is 3. The molecule has 9 heteroatoms. The minimum atomic E-state index is -0.753. The molecular formula is C22H26N2O7. The van der Waals surface area contributed by atoms with E-state index in [0.29, 0.717) is 22.9 Å². The van der Waals surface area contributed by atoms with Gasteiger partial charge in [0.15, 0.2) is 18.1 Å². The fourth-order valence-corrected chi connectivity index (χ4v) is 2.91. The summed E-state index contributed by atoms with van der Waals surface area (Å²) in [7, 11) is 4.31. The summed E-state index contributed by atoms with van der Waals surface area (Å²) in [5.74, 6) is -0.826. The number of aryl methyl sites for hydroxylation is 2. The van der Waals surface area contributed by atoms with Gasteiger partial charge in [0.1, 0.15) is 6.54 Å². The van der Waals surface area contributed by atoms with Crippen molar-refractivity contribution >= 4 is 23.5 Å². The molecule has 166 valence electrons. The predicted molar refractivity (Wildman–Crippen MR) is 114 cm³/mol. The number of ether oxygens (including phenoxy) is 4. The predicted octanol–water partition coefficient (Wildman–Crippen LogP) is 2.24. The van der Waals surface area contributed by atoms with E-state index >= 15 is 0 Å². The smallest absolute Gasteiger partial charge is 0.325 e. The largest absolute Gasteiger partial charge is 0.493 e. The van der Waals surface area contributed by atoms with E-state index in [-0.39, 0.29) is 5.56 Å². The Morgan fingerprint density at radius 2 is 1.42 bits per heavy atom. The number of esters is 1. The van der Waals surface area contributed by atoms with Gasteiger partial charge in [0.25, 0.3) is 11.8 Å². The highest BCUT2D eigenvalue weighted by Gasteiger charge is 2.18. The first-order valence-corrected chi connectivity index (χ1v) is 9.39. The van der Waals surface area contributed by atoms with Crippen LogP contribution in [0.1, 0.15) is 21.5 Å². The first-order valence-electron chi connectivity index (χ1n) is 9.39. The summed E-state index contributed by atoms with van der Waals surface area (Å²) in [5.41, 5.74) is 2.83. The van der Waals surface area contributed by atoms with Crippen LogP contribution >= 0.6 is 0 Å². The molecule has 2 aromatic carbocycles. The van der Waals surface area contributed by atoms with Crippen molar-refractivity contribution in [3.63, 3.8) is 0 Å². The van der Waals surface area contributed by atoms with E-state index in [1.807, 2.05) is 32.0 Å². The lowest BCUT2D eigenvalue weighted by atomic mass is 10.1. The van der Waals surface area contributed by atoms with Gasteiger partial charge in [-0.1, -0.05) is 6.07 Å². The van der Waals surface area contributed by atoms with E-state index in [4.69, 9.17) is 18.9 Å². The minimum Gasteiger partial charge on any atom is -0.493 e. The Kier molecular flexibility index (Phi) is 8.25. The topological polar surface area (TPSA) is 112 Å². The Labute approximate surface area is 180 Å². The maximum Gasteiger partial charge on any atom is 0.325 e. The third-order valence-electron chi connectivity index (χ3n) is 4.19. The second kappa shape index (κ2) is 10.9. The van der Waals surface area contributed by atoms with Crippen LogP contribution in [-0.2, 0) is 14.3 Å². The molecule has 0 saturated heterocycles. The zero-order chi connectivity index (χ0) is 23.0. The summed E-state index contributed by atoms with van der Waals surface area (Å²) in [6.07, 6.45) is 0. The number of anilines is 1. The molecule has 9 nitrogen and oxygen atoms in total. The zero-order valence-corrected chi connectivity index (χ0v) is 18.2. The van der Waals surface area contributed by atoms with Gasteiger partial charge in [-0.2, -0.15) is 0 Å². The number of rotatable bonds is 9. The molecule has 0 atom stereocenters. The summed E-state index contributed by atoms with van der Waals surface area (Å²) in [4.78, 5) is 36.3. The normalized spacial score (nSPS) is 10.1. The summed E-state index contributed by atoms with van der Waals surface area (Å²) in [6, 6.07) is 8.51. The van der Waals surface area contributed by atoms with Gasteiger partial charge in [-0.05, 0) is 49.2 Å². The van der Waals surface area contributed by atoms with Gasteiger partial charge in [0.05, 0.1) is 21.3 Å². The van der Waals surface area contributed by atoms with E-state index in [1.165, 1.54) is 33.5 Å². The molecule has 0 bridgehead atoms. The SMILES string of the molecule is COc1cc(C(=O)NCC(=O)OCC(=O)Nc2cc(C)cc(C)c2)cc(OC)c1OC. The molecule has 2 amide bonds. The number of amides is 2. The fraction of sp³-hybridized carbons (Fsp3) is 0.318. The molecular weight excluding hydrogens is 404 g/mol. The first-order chi connectivity index (χ1) is 14.8. The monoisotopic (exact) mass is 430 g/mol. The zero-order valence-electron chi connectivity index (χ0n) is 18.2. The molecule has 0 fully saturated rings. The Bertz CT molecular complexity index is 927. The van der Waals surface area contributed by atoms with Crippen molar-refractivity contribution in [1.29, 1.82) is 0 Å². The average molecular weight is 430 g/mol. The lowest BCUT2D eigenvalue weighted by Crippen LogP contribution is -2.32. The molecule has 0 spiro atoms. The molecule has 0 radical (unpaired) electrons. The van der Waals surface area contributed by atoms with Crippen LogP contribution in [0.25, 0.3) is 0 Å². The van der Waals surface area contributed by atoms with Gasteiger partial charge in [-0.3, -0.25) is 14.4 Å². The van der Waals surface area contributed by atoms with E-state index in [0.717, 1.165) is 11.1 Å². The van der Waals surface area contributed by atoms with Crippen molar-refractivity contribution in [2.24, 2.45) is 0 Å². The number of hydrogen-bond acceptors (Lipinski definition) is 7. The van der Waals surface area contributed by atoms with E-state index < -0.39 is 30.9 Å². The van der Waals surface area contributed by atoms with Crippen LogP contribution in [0.4, 0.5) is 5.69 Å². The Morgan fingerprint density at radius 3 is 1.94 bits per heavy atom. The van der Waals surface area contributed by atoms with Crippen molar-refractivity contribution < 1.29 is 33.3 Å². The van der Waals surface area contributed by atoms with Gasteiger partial charge < -0.3 is 29.6 Å². The quantitative estimate of drug-likeness (QED) is 0.587. The van der Waals surface area contributed by atoms with Crippen molar-refractivity contribution in [1.82, 2.24) is 5.32 Å². The summed E-state index contributed by atoms with van der Waals surface area (Å²) < 4.78 is 20.5. The van der Waals surface area contributed by atoms with Crippen LogP contribution in [0, 0.1) is 13.8 Å². The Morgan fingerprint density at radius 1 is 0.839 bits per heavy atom. The minimum absolute atomic E-state index is 0.204. The number of hydrogen-bond donors (Lipinski definition) is 2. The Hall–Kier alpha value is -3.75. The molecule has 2 aromatic rings. The Balaban J connectivity index is 1.88. The lowest BCUT2D eigenvalue weighted by molar-refractivity contribution is -0.146. The molecule has 2 N–H and O–H groups in total. The number of benzene rings is 2. The van der Waals surface area contributed by atoms with E-state index in [1.54, 1.807) is 0 Å².